The van der Waals surface area contributed by atoms with Crippen LogP contribution in [0.1, 0.15) is 10.4 Å². The lowest BCUT2D eigenvalue weighted by Gasteiger charge is -1.92. The fraction of sp³-hybridized carbons (Fsp3) is 0. The van der Waals surface area contributed by atoms with Gasteiger partial charge in [0.05, 0.1) is 5.56 Å². The topological polar surface area (TPSA) is 72.3 Å². The van der Waals surface area contributed by atoms with Crippen LogP contribution in [-0.4, -0.2) is 11.1 Å². The van der Waals surface area contributed by atoms with E-state index >= 15 is 0 Å². The summed E-state index contributed by atoms with van der Waals surface area (Å²) in [7, 11) is 0. The lowest BCUT2D eigenvalue weighted by atomic mass is 10.2. The molecule has 0 aliphatic carbocycles. The van der Waals surface area contributed by atoms with Crippen LogP contribution in [0, 0.1) is 0 Å². The zero-order valence-electron chi connectivity index (χ0n) is 5.75. The average Bonchev–Trinajstić information content (AvgIpc) is 1.88. The van der Waals surface area contributed by atoms with Gasteiger partial charge in [0.2, 0.25) is 0 Å². The smallest absolute Gasteiger partial charge is 0.335 e. The summed E-state index contributed by atoms with van der Waals surface area (Å²) in [4.78, 5) is 10.3. The van der Waals surface area contributed by atoms with E-state index in [1.807, 2.05) is 0 Å². The number of hydrogen-bond donors (Lipinski definition) is 2. The van der Waals surface area contributed by atoms with Gasteiger partial charge >= 0.3 is 5.97 Å². The summed E-state index contributed by atoms with van der Waals surface area (Å²) in [6, 6.07) is 6.14. The van der Waals surface area contributed by atoms with Crippen molar-refractivity contribution < 1.29 is 9.90 Å². The third kappa shape index (κ3) is 2.57. The summed E-state index contributed by atoms with van der Waals surface area (Å²) in [5.41, 5.74) is 0.215. The molecule has 0 spiro atoms. The van der Waals surface area contributed by atoms with Gasteiger partial charge in [0, 0.05) is 5.02 Å². The summed E-state index contributed by atoms with van der Waals surface area (Å²) >= 11 is 5.53. The van der Waals surface area contributed by atoms with Crippen molar-refractivity contribution in [2.24, 2.45) is 0 Å². The van der Waals surface area contributed by atoms with E-state index in [1.54, 1.807) is 12.1 Å². The summed E-state index contributed by atoms with van der Waals surface area (Å²) in [6.07, 6.45) is 0. The van der Waals surface area contributed by atoms with E-state index in [4.69, 9.17) is 16.7 Å². The zero-order chi connectivity index (χ0) is 7.56. The first-order chi connectivity index (χ1) is 4.70. The van der Waals surface area contributed by atoms with Gasteiger partial charge in [0.1, 0.15) is 0 Å². The second-order valence-corrected chi connectivity index (χ2v) is 2.25. The molecule has 3 nitrogen and oxygen atoms in total. The second-order valence-electron chi connectivity index (χ2n) is 1.82. The van der Waals surface area contributed by atoms with Crippen LogP contribution in [0.4, 0.5) is 0 Å². The number of carboxylic acid groups (broad SMARTS) is 1. The summed E-state index contributed by atoms with van der Waals surface area (Å²) in [5, 5.41) is 8.89. The van der Waals surface area contributed by atoms with E-state index in [0.29, 0.717) is 5.02 Å². The molecule has 0 bridgehead atoms. The summed E-state index contributed by atoms with van der Waals surface area (Å²) in [6.45, 7) is 0. The third-order valence-electron chi connectivity index (χ3n) is 1.07. The molecule has 0 aromatic heterocycles. The minimum absolute atomic E-state index is 0. The van der Waals surface area contributed by atoms with Gasteiger partial charge in [-0.2, -0.15) is 0 Å². The standard InChI is InChI=1S/C7H5ClO2.H3N/c8-6-3-1-2-5(4-6)7(9)10;/h1-4H,(H,9,10);1H3. The summed E-state index contributed by atoms with van der Waals surface area (Å²) in [5.74, 6) is -0.956. The van der Waals surface area contributed by atoms with Gasteiger partial charge in [-0.05, 0) is 18.2 Å². The van der Waals surface area contributed by atoms with Crippen LogP contribution in [0.15, 0.2) is 24.3 Å². The van der Waals surface area contributed by atoms with Crippen molar-refractivity contribution in [3.05, 3.63) is 34.9 Å². The molecule has 11 heavy (non-hydrogen) atoms. The molecule has 0 unspecified atom stereocenters. The molecule has 0 radical (unpaired) electrons. The van der Waals surface area contributed by atoms with Gasteiger partial charge in [-0.1, -0.05) is 17.7 Å². The highest BCUT2D eigenvalue weighted by molar-refractivity contribution is 6.30. The number of rotatable bonds is 1. The van der Waals surface area contributed by atoms with Crippen LogP contribution in [0.2, 0.25) is 5.02 Å². The van der Waals surface area contributed by atoms with Crippen molar-refractivity contribution in [2.75, 3.05) is 0 Å². The number of halogens is 1. The molecule has 4 heteroatoms. The van der Waals surface area contributed by atoms with Crippen LogP contribution >= 0.6 is 11.6 Å². The van der Waals surface area contributed by atoms with E-state index in [1.165, 1.54) is 12.1 Å². The number of aromatic carboxylic acids is 1. The highest BCUT2D eigenvalue weighted by Gasteiger charge is 2.00. The van der Waals surface area contributed by atoms with Gasteiger partial charge in [-0.3, -0.25) is 0 Å². The molecule has 0 atom stereocenters. The Morgan fingerprint density at radius 1 is 1.45 bits per heavy atom. The average molecular weight is 174 g/mol. The van der Waals surface area contributed by atoms with E-state index in [2.05, 4.69) is 0 Å². The number of carbonyl (C=O) groups is 1. The molecule has 0 aliphatic heterocycles. The maximum absolute atomic E-state index is 10.3. The van der Waals surface area contributed by atoms with Gasteiger partial charge in [-0.15, -0.1) is 0 Å². The molecule has 0 aliphatic rings. The molecule has 0 saturated heterocycles. The van der Waals surface area contributed by atoms with Crippen molar-refractivity contribution in [3.63, 3.8) is 0 Å². The maximum Gasteiger partial charge on any atom is 0.335 e. The maximum atomic E-state index is 10.3. The molecule has 0 fully saturated rings. The molecule has 0 saturated carbocycles. The molecular weight excluding hydrogens is 166 g/mol. The van der Waals surface area contributed by atoms with Crippen LogP contribution in [0.5, 0.6) is 0 Å². The highest BCUT2D eigenvalue weighted by Crippen LogP contribution is 2.09. The van der Waals surface area contributed by atoms with E-state index in [0.717, 1.165) is 0 Å². The Morgan fingerprint density at radius 2 is 2.09 bits per heavy atom. The Morgan fingerprint density at radius 3 is 2.45 bits per heavy atom. The molecule has 1 rings (SSSR count). The van der Waals surface area contributed by atoms with Crippen LogP contribution in [0.25, 0.3) is 0 Å². The Labute approximate surface area is 69.2 Å². The largest absolute Gasteiger partial charge is 0.478 e. The first kappa shape index (κ1) is 9.94. The van der Waals surface area contributed by atoms with Crippen molar-refractivity contribution in [1.82, 2.24) is 6.15 Å². The SMILES string of the molecule is N.O=C(O)c1cccc(Cl)c1. The van der Waals surface area contributed by atoms with Crippen molar-refractivity contribution in [2.45, 2.75) is 0 Å². The lowest BCUT2D eigenvalue weighted by Crippen LogP contribution is -1.94. The molecule has 60 valence electrons. The van der Waals surface area contributed by atoms with Gasteiger partial charge < -0.3 is 11.3 Å². The monoisotopic (exact) mass is 173 g/mol. The van der Waals surface area contributed by atoms with E-state index in [-0.39, 0.29) is 11.7 Å². The van der Waals surface area contributed by atoms with Gasteiger partial charge in [-0.25, -0.2) is 4.79 Å². The minimum atomic E-state index is -0.956. The molecule has 0 heterocycles. The predicted molar refractivity (Wildman–Crippen MR) is 43.4 cm³/mol. The molecular formula is C7H8ClNO2. The van der Waals surface area contributed by atoms with E-state index < -0.39 is 5.97 Å². The number of carboxylic acids is 1. The fourth-order valence-electron chi connectivity index (χ4n) is 0.622. The number of hydrogen-bond acceptors (Lipinski definition) is 2. The van der Waals surface area contributed by atoms with Crippen LogP contribution < -0.4 is 6.15 Å². The van der Waals surface area contributed by atoms with Crippen molar-refractivity contribution in [1.29, 1.82) is 0 Å². The van der Waals surface area contributed by atoms with Crippen molar-refractivity contribution >= 4 is 17.6 Å². The Bertz CT molecular complexity index is 262. The van der Waals surface area contributed by atoms with E-state index in [9.17, 15) is 4.79 Å². The van der Waals surface area contributed by atoms with Crippen LogP contribution in [-0.2, 0) is 0 Å². The Kier molecular flexibility index (Phi) is 3.57. The lowest BCUT2D eigenvalue weighted by molar-refractivity contribution is 0.0697. The van der Waals surface area contributed by atoms with Gasteiger partial charge in [0.25, 0.3) is 0 Å². The van der Waals surface area contributed by atoms with Crippen LogP contribution in [0.3, 0.4) is 0 Å². The first-order valence-electron chi connectivity index (χ1n) is 2.69. The molecule has 0 amide bonds. The predicted octanol–water partition coefficient (Wildman–Crippen LogP) is 2.20. The summed E-state index contributed by atoms with van der Waals surface area (Å²) < 4.78 is 0. The quantitative estimate of drug-likeness (QED) is 0.684. The second kappa shape index (κ2) is 3.95. The Balaban J connectivity index is 0.000001000. The molecule has 4 N–H and O–H groups in total. The first-order valence-corrected chi connectivity index (χ1v) is 3.07. The normalized spacial score (nSPS) is 8.45. The molecule has 1 aromatic carbocycles. The fourth-order valence-corrected chi connectivity index (χ4v) is 0.812. The Hall–Kier alpha value is -1.06. The third-order valence-corrected chi connectivity index (χ3v) is 1.31. The van der Waals surface area contributed by atoms with Crippen molar-refractivity contribution in [3.8, 4) is 0 Å². The number of benzene rings is 1. The van der Waals surface area contributed by atoms with Gasteiger partial charge in [0.15, 0.2) is 0 Å². The highest BCUT2D eigenvalue weighted by atomic mass is 35.5. The molecule has 1 aromatic rings. The minimum Gasteiger partial charge on any atom is -0.478 e. The zero-order valence-corrected chi connectivity index (χ0v) is 6.51.